The molecule has 0 spiro atoms. The molecule has 32 heavy (non-hydrogen) atoms. The highest BCUT2D eigenvalue weighted by molar-refractivity contribution is 7.89. The molecule has 0 saturated heterocycles. The molecule has 0 aliphatic carbocycles. The van der Waals surface area contributed by atoms with Gasteiger partial charge in [-0.1, -0.05) is 43.3 Å². The zero-order chi connectivity index (χ0) is 22.6. The van der Waals surface area contributed by atoms with Crippen LogP contribution < -0.4 is 4.74 Å². The summed E-state index contributed by atoms with van der Waals surface area (Å²) in [7, 11) is -3.64. The van der Waals surface area contributed by atoms with Crippen molar-refractivity contribution in [2.75, 3.05) is 13.2 Å². The summed E-state index contributed by atoms with van der Waals surface area (Å²) in [6.45, 7) is 3.24. The van der Waals surface area contributed by atoms with Crippen LogP contribution in [0.2, 0.25) is 0 Å². The summed E-state index contributed by atoms with van der Waals surface area (Å²) in [4.78, 5) is 0.280. The Bertz CT molecular complexity index is 1180. The fraction of sp³-hybridized carbons (Fsp3) is 0.280. The first-order valence-electron chi connectivity index (χ1n) is 10.6. The van der Waals surface area contributed by atoms with Crippen LogP contribution in [0.15, 0.2) is 71.6 Å². The summed E-state index contributed by atoms with van der Waals surface area (Å²) in [5.74, 6) is 0.373. The van der Waals surface area contributed by atoms with Crippen LogP contribution in [0.5, 0.6) is 5.75 Å². The molecule has 3 aromatic carbocycles. The minimum Gasteiger partial charge on any atom is -0.492 e. The van der Waals surface area contributed by atoms with Gasteiger partial charge in [-0.15, -0.1) is 0 Å². The van der Waals surface area contributed by atoms with Crippen LogP contribution in [-0.2, 0) is 40.9 Å². The molecule has 0 saturated carbocycles. The molecule has 5 nitrogen and oxygen atoms in total. The van der Waals surface area contributed by atoms with Crippen molar-refractivity contribution in [3.63, 3.8) is 0 Å². The molecule has 0 bridgehead atoms. The molecule has 0 atom stereocenters. The van der Waals surface area contributed by atoms with Gasteiger partial charge in [0, 0.05) is 24.2 Å². The maximum Gasteiger partial charge on any atom is 0.243 e. The number of hydrogen-bond acceptors (Lipinski definition) is 4. The second-order valence-corrected chi connectivity index (χ2v) is 9.65. The Morgan fingerprint density at radius 1 is 1.00 bits per heavy atom. The van der Waals surface area contributed by atoms with Crippen LogP contribution in [0, 0.1) is 5.82 Å². The monoisotopic (exact) mass is 455 g/mol. The Kier molecular flexibility index (Phi) is 6.89. The second kappa shape index (κ2) is 9.81. The van der Waals surface area contributed by atoms with E-state index in [0.29, 0.717) is 11.3 Å². The number of nitrogens with zero attached hydrogens (tertiary/aromatic N) is 1. The summed E-state index contributed by atoms with van der Waals surface area (Å²) in [6.07, 6.45) is 0.854. The van der Waals surface area contributed by atoms with Gasteiger partial charge in [0.05, 0.1) is 18.1 Å². The van der Waals surface area contributed by atoms with Crippen molar-refractivity contribution in [2.45, 2.75) is 38.0 Å². The summed E-state index contributed by atoms with van der Waals surface area (Å²) >= 11 is 0. The van der Waals surface area contributed by atoms with Crippen LogP contribution in [-0.4, -0.2) is 25.9 Å². The van der Waals surface area contributed by atoms with Crippen LogP contribution in [0.3, 0.4) is 0 Å². The molecule has 4 rings (SSSR count). The van der Waals surface area contributed by atoms with Crippen LogP contribution in [0.1, 0.15) is 29.2 Å². The average Bonchev–Trinajstić information content (AvgIpc) is 3.03. The molecule has 1 aliphatic rings. The predicted molar refractivity (Wildman–Crippen MR) is 120 cm³/mol. The van der Waals surface area contributed by atoms with Gasteiger partial charge in [0.2, 0.25) is 10.0 Å². The van der Waals surface area contributed by atoms with E-state index in [-0.39, 0.29) is 43.6 Å². The Balaban J connectivity index is 1.48. The van der Waals surface area contributed by atoms with Gasteiger partial charge in [-0.25, -0.2) is 12.8 Å². The Hall–Kier alpha value is -2.74. The topological polar surface area (TPSA) is 55.8 Å². The van der Waals surface area contributed by atoms with E-state index >= 15 is 0 Å². The van der Waals surface area contributed by atoms with Crippen molar-refractivity contribution in [3.05, 3.63) is 94.8 Å². The third-order valence-electron chi connectivity index (χ3n) is 5.52. The minimum atomic E-state index is -3.64. The van der Waals surface area contributed by atoms with Gasteiger partial charge in [0.1, 0.15) is 18.2 Å². The zero-order valence-electron chi connectivity index (χ0n) is 18.0. The molecular formula is C25H26FNO4S. The van der Waals surface area contributed by atoms with Crippen molar-refractivity contribution in [3.8, 4) is 5.75 Å². The lowest BCUT2D eigenvalue weighted by Gasteiger charge is -2.20. The number of sulfonamides is 1. The van der Waals surface area contributed by atoms with E-state index in [9.17, 15) is 12.8 Å². The summed E-state index contributed by atoms with van der Waals surface area (Å²) in [5.41, 5.74) is 3.24. The maximum absolute atomic E-state index is 13.8. The summed E-state index contributed by atoms with van der Waals surface area (Å²) < 4.78 is 53.1. The molecule has 1 heterocycles. The predicted octanol–water partition coefficient (Wildman–Crippen LogP) is 4.69. The number of halogens is 1. The third kappa shape index (κ3) is 5.01. The van der Waals surface area contributed by atoms with Gasteiger partial charge < -0.3 is 9.47 Å². The molecule has 0 unspecified atom stereocenters. The van der Waals surface area contributed by atoms with E-state index in [2.05, 4.69) is 0 Å². The van der Waals surface area contributed by atoms with Crippen molar-refractivity contribution in [1.29, 1.82) is 0 Å². The molecule has 0 aromatic heterocycles. The lowest BCUT2D eigenvalue weighted by molar-refractivity contribution is 0.105. The van der Waals surface area contributed by atoms with Crippen LogP contribution in [0.4, 0.5) is 4.39 Å². The number of aryl methyl sites for hydroxylation is 1. The van der Waals surface area contributed by atoms with E-state index in [1.165, 1.54) is 10.4 Å². The number of rotatable bonds is 7. The first-order valence-corrected chi connectivity index (χ1v) is 12.1. The van der Waals surface area contributed by atoms with Gasteiger partial charge in [-0.3, -0.25) is 0 Å². The molecule has 7 heteroatoms. The minimum absolute atomic E-state index is 0.161. The maximum atomic E-state index is 13.8. The van der Waals surface area contributed by atoms with E-state index in [4.69, 9.17) is 9.47 Å². The fourth-order valence-electron chi connectivity index (χ4n) is 3.66. The van der Waals surface area contributed by atoms with E-state index < -0.39 is 10.0 Å². The first-order chi connectivity index (χ1) is 15.5. The molecule has 3 aromatic rings. The Morgan fingerprint density at radius 3 is 2.50 bits per heavy atom. The van der Waals surface area contributed by atoms with Gasteiger partial charge in [-0.05, 0) is 47.9 Å². The number of hydrogen-bond donors (Lipinski definition) is 0. The van der Waals surface area contributed by atoms with Gasteiger partial charge >= 0.3 is 0 Å². The second-order valence-electron chi connectivity index (χ2n) is 7.71. The lowest BCUT2D eigenvalue weighted by atomic mass is 10.1. The largest absolute Gasteiger partial charge is 0.492 e. The molecule has 0 fully saturated rings. The Morgan fingerprint density at radius 2 is 1.75 bits per heavy atom. The van der Waals surface area contributed by atoms with Crippen LogP contribution >= 0.6 is 0 Å². The molecule has 168 valence electrons. The number of fused-ring (bicyclic) bond motifs is 1. The lowest BCUT2D eigenvalue weighted by Crippen LogP contribution is -2.32. The standard InChI is InChI=1S/C25H26FNO4S/c1-2-19-7-10-23(11-8-19)32(28,29)27-13-14-31-25-12-9-20(15-22(25)16-27)17-30-18-21-5-3-4-6-24(21)26/h3-12,15H,2,13-14,16-18H2,1H3. The van der Waals surface area contributed by atoms with E-state index in [1.54, 1.807) is 30.3 Å². The van der Waals surface area contributed by atoms with Gasteiger partial charge in [0.25, 0.3) is 0 Å². The zero-order valence-corrected chi connectivity index (χ0v) is 18.8. The summed E-state index contributed by atoms with van der Waals surface area (Å²) in [5, 5.41) is 0. The average molecular weight is 456 g/mol. The molecule has 0 amide bonds. The normalized spacial score (nSPS) is 14.4. The highest BCUT2D eigenvalue weighted by Crippen LogP contribution is 2.28. The number of benzene rings is 3. The molecule has 0 N–H and O–H groups in total. The smallest absolute Gasteiger partial charge is 0.243 e. The first kappa shape index (κ1) is 22.5. The van der Waals surface area contributed by atoms with Gasteiger partial charge in [-0.2, -0.15) is 4.31 Å². The molecule has 0 radical (unpaired) electrons. The third-order valence-corrected chi connectivity index (χ3v) is 7.38. The SMILES string of the molecule is CCc1ccc(S(=O)(=O)N2CCOc3ccc(COCc4ccccc4F)cc3C2)cc1. The molecular weight excluding hydrogens is 429 g/mol. The van der Waals surface area contributed by atoms with Crippen molar-refractivity contribution < 1.29 is 22.3 Å². The van der Waals surface area contributed by atoms with E-state index in [0.717, 1.165) is 23.1 Å². The highest BCUT2D eigenvalue weighted by atomic mass is 32.2. The van der Waals surface area contributed by atoms with Crippen molar-refractivity contribution in [1.82, 2.24) is 4.31 Å². The Labute approximate surface area is 188 Å². The van der Waals surface area contributed by atoms with Crippen molar-refractivity contribution >= 4 is 10.0 Å². The van der Waals surface area contributed by atoms with Gasteiger partial charge in [0.15, 0.2) is 0 Å². The van der Waals surface area contributed by atoms with E-state index in [1.807, 2.05) is 37.3 Å². The highest BCUT2D eigenvalue weighted by Gasteiger charge is 2.27. The van der Waals surface area contributed by atoms with Crippen molar-refractivity contribution in [2.24, 2.45) is 0 Å². The quantitative estimate of drug-likeness (QED) is 0.519. The molecule has 1 aliphatic heterocycles. The number of ether oxygens (including phenoxy) is 2. The summed E-state index contributed by atoms with van der Waals surface area (Å²) in [6, 6.07) is 19.1. The fourth-order valence-corrected chi connectivity index (χ4v) is 5.06. The van der Waals surface area contributed by atoms with Crippen LogP contribution in [0.25, 0.3) is 0 Å².